The van der Waals surface area contributed by atoms with E-state index in [0.29, 0.717) is 12.3 Å². The zero-order valence-corrected chi connectivity index (χ0v) is 11.8. The van der Waals surface area contributed by atoms with Crippen molar-refractivity contribution in [2.24, 2.45) is 11.7 Å². The van der Waals surface area contributed by atoms with Crippen molar-refractivity contribution < 1.29 is 9.53 Å². The summed E-state index contributed by atoms with van der Waals surface area (Å²) in [6.45, 7) is 2.17. The smallest absolute Gasteiger partial charge is 0.323 e. The summed E-state index contributed by atoms with van der Waals surface area (Å²) in [5, 5.41) is 0. The molecular formula is C13H25NO2S. The SMILES string of the molecule is CCC1CCCCC1OC(=O)C(N)CCSC. The van der Waals surface area contributed by atoms with Gasteiger partial charge in [0.05, 0.1) is 0 Å². The third kappa shape index (κ3) is 4.88. The number of rotatable bonds is 6. The Kier molecular flexibility index (Phi) is 6.97. The largest absolute Gasteiger partial charge is 0.461 e. The number of ether oxygens (including phenoxy) is 1. The molecule has 2 N–H and O–H groups in total. The summed E-state index contributed by atoms with van der Waals surface area (Å²) >= 11 is 1.71. The minimum Gasteiger partial charge on any atom is -0.461 e. The molecule has 3 nitrogen and oxygen atoms in total. The third-order valence-electron chi connectivity index (χ3n) is 3.57. The first-order chi connectivity index (χ1) is 8.19. The monoisotopic (exact) mass is 259 g/mol. The number of hydrogen-bond donors (Lipinski definition) is 1. The quantitative estimate of drug-likeness (QED) is 0.745. The number of carbonyl (C=O) groups is 1. The fraction of sp³-hybridized carbons (Fsp3) is 0.923. The zero-order valence-electron chi connectivity index (χ0n) is 11.0. The van der Waals surface area contributed by atoms with Crippen LogP contribution < -0.4 is 5.73 Å². The average Bonchev–Trinajstić information content (AvgIpc) is 2.36. The maximum absolute atomic E-state index is 11.8. The average molecular weight is 259 g/mol. The highest BCUT2D eigenvalue weighted by atomic mass is 32.2. The van der Waals surface area contributed by atoms with Crippen molar-refractivity contribution >= 4 is 17.7 Å². The molecule has 1 fully saturated rings. The minimum absolute atomic E-state index is 0.113. The minimum atomic E-state index is -0.443. The number of hydrogen-bond acceptors (Lipinski definition) is 4. The lowest BCUT2D eigenvalue weighted by Crippen LogP contribution is -2.38. The molecule has 0 spiro atoms. The van der Waals surface area contributed by atoms with Crippen molar-refractivity contribution in [3.63, 3.8) is 0 Å². The van der Waals surface area contributed by atoms with Crippen LogP contribution in [0.25, 0.3) is 0 Å². The number of thioether (sulfide) groups is 1. The Hall–Kier alpha value is -0.220. The van der Waals surface area contributed by atoms with Crippen LogP contribution in [0.2, 0.25) is 0 Å². The molecular weight excluding hydrogens is 234 g/mol. The molecule has 3 unspecified atom stereocenters. The molecule has 100 valence electrons. The fourth-order valence-corrected chi connectivity index (χ4v) is 2.88. The van der Waals surface area contributed by atoms with E-state index in [1.165, 1.54) is 19.3 Å². The van der Waals surface area contributed by atoms with Crippen molar-refractivity contribution in [2.75, 3.05) is 12.0 Å². The Morgan fingerprint density at radius 2 is 2.18 bits per heavy atom. The highest BCUT2D eigenvalue weighted by molar-refractivity contribution is 7.98. The molecule has 0 aromatic heterocycles. The molecule has 0 radical (unpaired) electrons. The van der Waals surface area contributed by atoms with Gasteiger partial charge in [0.25, 0.3) is 0 Å². The van der Waals surface area contributed by atoms with Crippen molar-refractivity contribution in [1.82, 2.24) is 0 Å². The first-order valence-electron chi connectivity index (χ1n) is 6.64. The highest BCUT2D eigenvalue weighted by Gasteiger charge is 2.28. The van der Waals surface area contributed by atoms with Gasteiger partial charge < -0.3 is 10.5 Å². The Morgan fingerprint density at radius 1 is 1.47 bits per heavy atom. The predicted molar refractivity (Wildman–Crippen MR) is 73.1 cm³/mol. The van der Waals surface area contributed by atoms with Crippen LogP contribution in [0.3, 0.4) is 0 Å². The van der Waals surface area contributed by atoms with Crippen LogP contribution in [0.15, 0.2) is 0 Å². The van der Waals surface area contributed by atoms with Gasteiger partial charge in [-0.2, -0.15) is 11.8 Å². The number of carbonyl (C=O) groups excluding carboxylic acids is 1. The summed E-state index contributed by atoms with van der Waals surface area (Å²) in [6.07, 6.45) is 8.59. The molecule has 1 saturated carbocycles. The van der Waals surface area contributed by atoms with Gasteiger partial charge in [0.15, 0.2) is 0 Å². The van der Waals surface area contributed by atoms with E-state index in [2.05, 4.69) is 6.92 Å². The summed E-state index contributed by atoms with van der Waals surface area (Å²) in [7, 11) is 0. The van der Waals surface area contributed by atoms with Gasteiger partial charge in [0.1, 0.15) is 12.1 Å². The number of esters is 1. The molecule has 1 rings (SSSR count). The van der Waals surface area contributed by atoms with Crippen LogP contribution in [-0.4, -0.2) is 30.1 Å². The molecule has 3 atom stereocenters. The standard InChI is InChI=1S/C13H25NO2S/c1-3-10-6-4-5-7-12(10)16-13(15)11(14)8-9-17-2/h10-12H,3-9,14H2,1-2H3. The van der Waals surface area contributed by atoms with Crippen LogP contribution in [-0.2, 0) is 9.53 Å². The second-order valence-electron chi connectivity index (χ2n) is 4.82. The molecule has 17 heavy (non-hydrogen) atoms. The summed E-state index contributed by atoms with van der Waals surface area (Å²) in [6, 6.07) is -0.443. The summed E-state index contributed by atoms with van der Waals surface area (Å²) in [4.78, 5) is 11.8. The van der Waals surface area contributed by atoms with E-state index >= 15 is 0 Å². The molecule has 4 heteroatoms. The lowest BCUT2D eigenvalue weighted by Gasteiger charge is -2.31. The van der Waals surface area contributed by atoms with Crippen molar-refractivity contribution in [1.29, 1.82) is 0 Å². The Bertz CT molecular complexity index is 235. The van der Waals surface area contributed by atoms with E-state index in [-0.39, 0.29) is 12.1 Å². The first kappa shape index (κ1) is 14.8. The lowest BCUT2D eigenvalue weighted by atomic mass is 9.85. The second-order valence-corrected chi connectivity index (χ2v) is 5.80. The van der Waals surface area contributed by atoms with E-state index in [1.54, 1.807) is 11.8 Å². The van der Waals surface area contributed by atoms with Gasteiger partial charge >= 0.3 is 5.97 Å². The van der Waals surface area contributed by atoms with Gasteiger partial charge in [-0.1, -0.05) is 13.3 Å². The van der Waals surface area contributed by atoms with Crippen molar-refractivity contribution in [2.45, 2.75) is 57.6 Å². The molecule has 0 amide bonds. The second kappa shape index (κ2) is 7.98. The molecule has 0 saturated heterocycles. The van der Waals surface area contributed by atoms with E-state index in [0.717, 1.165) is 18.6 Å². The Balaban J connectivity index is 2.37. The van der Waals surface area contributed by atoms with Gasteiger partial charge in [-0.15, -0.1) is 0 Å². The van der Waals surface area contributed by atoms with Crippen LogP contribution >= 0.6 is 11.8 Å². The van der Waals surface area contributed by atoms with Crippen LogP contribution in [0, 0.1) is 5.92 Å². The summed E-state index contributed by atoms with van der Waals surface area (Å²) in [5.74, 6) is 1.25. The van der Waals surface area contributed by atoms with E-state index in [9.17, 15) is 4.79 Å². The fourth-order valence-electron chi connectivity index (χ4n) is 2.40. The molecule has 1 aliphatic carbocycles. The van der Waals surface area contributed by atoms with Gasteiger partial charge in [-0.25, -0.2) is 0 Å². The first-order valence-corrected chi connectivity index (χ1v) is 8.03. The molecule has 0 heterocycles. The van der Waals surface area contributed by atoms with Crippen molar-refractivity contribution in [3.05, 3.63) is 0 Å². The van der Waals surface area contributed by atoms with Crippen LogP contribution in [0.5, 0.6) is 0 Å². The third-order valence-corrected chi connectivity index (χ3v) is 4.21. The maximum Gasteiger partial charge on any atom is 0.323 e. The predicted octanol–water partition coefficient (Wildman–Crippen LogP) is 2.58. The van der Waals surface area contributed by atoms with E-state index in [4.69, 9.17) is 10.5 Å². The lowest BCUT2D eigenvalue weighted by molar-refractivity contribution is -0.155. The normalized spacial score (nSPS) is 26.5. The molecule has 0 aliphatic heterocycles. The Labute approximate surface area is 109 Å². The number of nitrogens with two attached hydrogens (primary N) is 1. The molecule has 1 aliphatic rings. The topological polar surface area (TPSA) is 52.3 Å². The van der Waals surface area contributed by atoms with Crippen LogP contribution in [0.4, 0.5) is 0 Å². The van der Waals surface area contributed by atoms with Crippen molar-refractivity contribution in [3.8, 4) is 0 Å². The Morgan fingerprint density at radius 3 is 2.82 bits per heavy atom. The zero-order chi connectivity index (χ0) is 12.7. The van der Waals surface area contributed by atoms with Gasteiger partial charge in [0.2, 0.25) is 0 Å². The summed E-state index contributed by atoms with van der Waals surface area (Å²) < 4.78 is 5.58. The van der Waals surface area contributed by atoms with Crippen LogP contribution in [0.1, 0.15) is 45.4 Å². The summed E-state index contributed by atoms with van der Waals surface area (Å²) in [5.41, 5.74) is 5.82. The van der Waals surface area contributed by atoms with Gasteiger partial charge in [-0.3, -0.25) is 4.79 Å². The van der Waals surface area contributed by atoms with Gasteiger partial charge in [0, 0.05) is 0 Å². The van der Waals surface area contributed by atoms with Gasteiger partial charge in [-0.05, 0) is 50.0 Å². The molecule has 0 aromatic rings. The highest BCUT2D eigenvalue weighted by Crippen LogP contribution is 2.29. The van der Waals surface area contributed by atoms with E-state index in [1.807, 2.05) is 6.26 Å². The maximum atomic E-state index is 11.8. The van der Waals surface area contributed by atoms with E-state index < -0.39 is 6.04 Å². The molecule has 0 aromatic carbocycles. The molecule has 0 bridgehead atoms.